The molecule has 3 aromatic rings. The van der Waals surface area contributed by atoms with Gasteiger partial charge in [0.25, 0.3) is 0 Å². The van der Waals surface area contributed by atoms with Crippen molar-refractivity contribution in [3.63, 3.8) is 0 Å². The first kappa shape index (κ1) is 11.2. The van der Waals surface area contributed by atoms with E-state index in [-0.39, 0.29) is 0 Å². The minimum absolute atomic E-state index is 0.596. The Bertz CT molecular complexity index is 772. The van der Waals surface area contributed by atoms with Crippen LogP contribution in [0.15, 0.2) is 60.8 Å². The fraction of sp³-hybridized carbons (Fsp3) is 0. The Morgan fingerprint density at radius 1 is 0.947 bits per heavy atom. The minimum Gasteiger partial charge on any atom is -0.340 e. The lowest BCUT2D eigenvalue weighted by Crippen LogP contribution is -1.93. The maximum Gasteiger partial charge on any atom is 0.131 e. The molecule has 90 valence electrons. The van der Waals surface area contributed by atoms with Crippen molar-refractivity contribution in [3.8, 4) is 6.07 Å². The molecule has 0 aliphatic carbocycles. The van der Waals surface area contributed by atoms with Crippen LogP contribution in [0, 0.1) is 11.3 Å². The summed E-state index contributed by atoms with van der Waals surface area (Å²) in [5.41, 5.74) is 1.56. The van der Waals surface area contributed by atoms with Crippen molar-refractivity contribution in [1.29, 1.82) is 5.26 Å². The molecular weight excluding hydrogens is 234 g/mol. The van der Waals surface area contributed by atoms with Crippen LogP contribution in [0.5, 0.6) is 0 Å². The van der Waals surface area contributed by atoms with Crippen LogP contribution in [0.1, 0.15) is 5.56 Å². The summed E-state index contributed by atoms with van der Waals surface area (Å²) in [6.07, 6.45) is 1.63. The lowest BCUT2D eigenvalue weighted by atomic mass is 10.1. The molecule has 0 unspecified atom stereocenters. The summed E-state index contributed by atoms with van der Waals surface area (Å²) in [6.45, 7) is 0. The molecule has 1 heterocycles. The third-order valence-corrected chi connectivity index (χ3v) is 2.91. The zero-order valence-electron chi connectivity index (χ0n) is 10.2. The quantitative estimate of drug-likeness (QED) is 0.746. The third kappa shape index (κ3) is 2.38. The topological polar surface area (TPSA) is 48.7 Å². The van der Waals surface area contributed by atoms with Crippen LogP contribution in [0.3, 0.4) is 0 Å². The molecule has 0 fully saturated rings. The lowest BCUT2D eigenvalue weighted by molar-refractivity contribution is 1.29. The van der Waals surface area contributed by atoms with Gasteiger partial charge in [0.15, 0.2) is 0 Å². The summed E-state index contributed by atoms with van der Waals surface area (Å²) < 4.78 is 0. The van der Waals surface area contributed by atoms with Crippen molar-refractivity contribution in [2.45, 2.75) is 0 Å². The number of hydrogen-bond acceptors (Lipinski definition) is 3. The summed E-state index contributed by atoms with van der Waals surface area (Å²) >= 11 is 0. The number of nitrogens with zero attached hydrogens (tertiary/aromatic N) is 2. The first-order valence-corrected chi connectivity index (χ1v) is 5.97. The van der Waals surface area contributed by atoms with Crippen molar-refractivity contribution >= 4 is 22.3 Å². The van der Waals surface area contributed by atoms with Gasteiger partial charge in [-0.2, -0.15) is 5.26 Å². The maximum atomic E-state index is 8.86. The van der Waals surface area contributed by atoms with Gasteiger partial charge in [-0.1, -0.05) is 30.3 Å². The first-order valence-electron chi connectivity index (χ1n) is 5.97. The van der Waals surface area contributed by atoms with Crippen molar-refractivity contribution in [2.75, 3.05) is 5.32 Å². The van der Waals surface area contributed by atoms with Gasteiger partial charge >= 0.3 is 0 Å². The van der Waals surface area contributed by atoms with Gasteiger partial charge in [0.2, 0.25) is 0 Å². The van der Waals surface area contributed by atoms with Crippen molar-refractivity contribution < 1.29 is 0 Å². The molecule has 2 aromatic carbocycles. The van der Waals surface area contributed by atoms with E-state index >= 15 is 0 Å². The Kier molecular flexibility index (Phi) is 2.83. The maximum absolute atomic E-state index is 8.86. The number of hydrogen-bond donors (Lipinski definition) is 1. The molecule has 0 radical (unpaired) electrons. The standard InChI is InChI=1S/C16H11N3/c17-11-12-7-8-18-16(9-12)19-15-6-5-13-3-1-2-4-14(13)10-15/h1-10H,(H,18,19). The molecule has 1 N–H and O–H groups in total. The fourth-order valence-corrected chi connectivity index (χ4v) is 1.98. The summed E-state index contributed by atoms with van der Waals surface area (Å²) in [7, 11) is 0. The normalized spacial score (nSPS) is 10.1. The minimum atomic E-state index is 0.596. The molecule has 19 heavy (non-hydrogen) atoms. The largest absolute Gasteiger partial charge is 0.340 e. The zero-order chi connectivity index (χ0) is 13.1. The molecule has 0 atom stereocenters. The van der Waals surface area contributed by atoms with Gasteiger partial charge in [0, 0.05) is 11.9 Å². The molecule has 3 nitrogen and oxygen atoms in total. The van der Waals surface area contributed by atoms with Crippen LogP contribution in [-0.4, -0.2) is 4.98 Å². The highest BCUT2D eigenvalue weighted by Gasteiger charge is 1.99. The van der Waals surface area contributed by atoms with Gasteiger partial charge in [0.1, 0.15) is 5.82 Å². The van der Waals surface area contributed by atoms with E-state index in [1.54, 1.807) is 18.3 Å². The summed E-state index contributed by atoms with van der Waals surface area (Å²) in [5.74, 6) is 0.675. The predicted octanol–water partition coefficient (Wildman–Crippen LogP) is 3.85. The van der Waals surface area contributed by atoms with Gasteiger partial charge in [0.05, 0.1) is 11.6 Å². The SMILES string of the molecule is N#Cc1ccnc(Nc2ccc3ccccc3c2)c1. The Balaban J connectivity index is 1.94. The average molecular weight is 245 g/mol. The van der Waals surface area contributed by atoms with Crippen molar-refractivity contribution in [1.82, 2.24) is 4.98 Å². The second kappa shape index (κ2) is 4.79. The van der Waals surface area contributed by atoms with E-state index in [1.807, 2.05) is 18.2 Å². The zero-order valence-corrected chi connectivity index (χ0v) is 10.2. The second-order valence-corrected chi connectivity index (χ2v) is 4.23. The summed E-state index contributed by atoms with van der Waals surface area (Å²) in [5, 5.41) is 14.4. The highest BCUT2D eigenvalue weighted by atomic mass is 15.0. The molecule has 3 rings (SSSR count). The van der Waals surface area contributed by atoms with Crippen molar-refractivity contribution in [2.24, 2.45) is 0 Å². The Morgan fingerprint density at radius 2 is 1.79 bits per heavy atom. The molecule has 1 aromatic heterocycles. The number of nitriles is 1. The number of pyridine rings is 1. The second-order valence-electron chi connectivity index (χ2n) is 4.23. The van der Waals surface area contributed by atoms with Gasteiger partial charge < -0.3 is 5.32 Å². The molecule has 0 amide bonds. The van der Waals surface area contributed by atoms with Crippen LogP contribution in [0.25, 0.3) is 10.8 Å². The van der Waals surface area contributed by atoms with E-state index in [4.69, 9.17) is 5.26 Å². The summed E-state index contributed by atoms with van der Waals surface area (Å²) in [4.78, 5) is 4.20. The number of benzene rings is 2. The Labute approximate surface area is 111 Å². The number of nitrogens with one attached hydrogen (secondary N) is 1. The molecule has 0 spiro atoms. The fourth-order valence-electron chi connectivity index (χ4n) is 1.98. The molecule has 0 aliphatic rings. The van der Waals surface area contributed by atoms with Gasteiger partial charge in [-0.15, -0.1) is 0 Å². The van der Waals surface area contributed by atoms with Crippen LogP contribution in [-0.2, 0) is 0 Å². The van der Waals surface area contributed by atoms with Crippen LogP contribution < -0.4 is 5.32 Å². The summed E-state index contributed by atoms with van der Waals surface area (Å²) in [6, 6.07) is 19.8. The molecule has 0 saturated carbocycles. The van der Waals surface area contributed by atoms with E-state index < -0.39 is 0 Å². The van der Waals surface area contributed by atoms with Crippen LogP contribution in [0.2, 0.25) is 0 Å². The molecule has 3 heteroatoms. The monoisotopic (exact) mass is 245 g/mol. The number of aromatic nitrogens is 1. The smallest absolute Gasteiger partial charge is 0.131 e. The number of anilines is 2. The van der Waals surface area contributed by atoms with Crippen molar-refractivity contribution in [3.05, 3.63) is 66.4 Å². The molecule has 0 bridgehead atoms. The van der Waals surface area contributed by atoms with Gasteiger partial charge in [-0.05, 0) is 35.0 Å². The highest BCUT2D eigenvalue weighted by Crippen LogP contribution is 2.21. The molecule has 0 saturated heterocycles. The van der Waals surface area contributed by atoms with E-state index in [9.17, 15) is 0 Å². The lowest BCUT2D eigenvalue weighted by Gasteiger charge is -2.07. The average Bonchev–Trinajstić information content (AvgIpc) is 2.47. The third-order valence-electron chi connectivity index (χ3n) is 2.91. The van der Waals surface area contributed by atoms with E-state index in [0.29, 0.717) is 11.4 Å². The van der Waals surface area contributed by atoms with Gasteiger partial charge in [-0.25, -0.2) is 4.98 Å². The Hall–Kier alpha value is -2.86. The van der Waals surface area contributed by atoms with Crippen LogP contribution >= 0.6 is 0 Å². The Morgan fingerprint density at radius 3 is 2.63 bits per heavy atom. The highest BCUT2D eigenvalue weighted by molar-refractivity contribution is 5.86. The number of fused-ring (bicyclic) bond motifs is 1. The van der Waals surface area contributed by atoms with E-state index in [2.05, 4.69) is 40.6 Å². The molecular formula is C16H11N3. The predicted molar refractivity (Wildman–Crippen MR) is 76.2 cm³/mol. The number of rotatable bonds is 2. The molecule has 0 aliphatic heterocycles. The van der Waals surface area contributed by atoms with E-state index in [1.165, 1.54) is 10.8 Å². The van der Waals surface area contributed by atoms with Gasteiger partial charge in [-0.3, -0.25) is 0 Å². The van der Waals surface area contributed by atoms with Crippen LogP contribution in [0.4, 0.5) is 11.5 Å². The van der Waals surface area contributed by atoms with E-state index in [0.717, 1.165) is 5.69 Å². The first-order chi connectivity index (χ1) is 9.35.